The third-order valence-corrected chi connectivity index (χ3v) is 12.9. The molecule has 0 aromatic rings. The Balaban J connectivity index is 1.62. The number of rotatable bonds is 2. The predicted molar refractivity (Wildman–Crippen MR) is 136 cm³/mol. The molecule has 0 radical (unpaired) electrons. The highest BCUT2D eigenvalue weighted by Gasteiger charge is 2.72. The molecule has 190 valence electrons. The first kappa shape index (κ1) is 24.8. The van der Waals surface area contributed by atoms with Crippen LogP contribution in [0.15, 0.2) is 23.8 Å². The summed E-state index contributed by atoms with van der Waals surface area (Å²) in [4.78, 5) is 26.0. The molecule has 4 saturated carbocycles. The molecule has 4 heteroatoms. The van der Waals surface area contributed by atoms with Gasteiger partial charge < -0.3 is 5.11 Å². The van der Waals surface area contributed by atoms with Gasteiger partial charge in [-0.05, 0) is 104 Å². The summed E-state index contributed by atoms with van der Waals surface area (Å²) in [6.45, 7) is 17.8. The van der Waals surface area contributed by atoms with E-state index in [2.05, 4.69) is 60.3 Å². The normalized spacial score (nSPS) is 50.0. The van der Waals surface area contributed by atoms with E-state index in [0.717, 1.165) is 56.9 Å². The Labute approximate surface area is 211 Å². The van der Waals surface area contributed by atoms with Crippen molar-refractivity contribution >= 4 is 11.8 Å². The van der Waals surface area contributed by atoms with Gasteiger partial charge >= 0.3 is 5.97 Å². The first-order valence-corrected chi connectivity index (χ1v) is 13.8. The summed E-state index contributed by atoms with van der Waals surface area (Å²) < 4.78 is 0. The molecule has 0 aromatic carbocycles. The van der Waals surface area contributed by atoms with E-state index in [-0.39, 0.29) is 33.9 Å². The number of fused-ring (bicyclic) bond motifs is 7. The van der Waals surface area contributed by atoms with Crippen molar-refractivity contribution < 1.29 is 14.7 Å². The van der Waals surface area contributed by atoms with Gasteiger partial charge in [0.25, 0.3) is 0 Å². The average molecular weight is 478 g/mol. The number of nitriles is 1. The Bertz CT molecular complexity index is 1080. The fourth-order valence-corrected chi connectivity index (χ4v) is 11.1. The lowest BCUT2D eigenvalue weighted by Crippen LogP contribution is -2.66. The molecule has 1 unspecified atom stereocenters. The van der Waals surface area contributed by atoms with Crippen molar-refractivity contribution in [2.45, 2.75) is 92.9 Å². The number of carboxylic acid groups (broad SMARTS) is 1. The Morgan fingerprint density at radius 3 is 2.29 bits per heavy atom. The molecule has 0 bridgehead atoms. The van der Waals surface area contributed by atoms with Crippen molar-refractivity contribution in [2.24, 2.45) is 56.7 Å². The third-order valence-electron chi connectivity index (χ3n) is 12.9. The summed E-state index contributed by atoms with van der Waals surface area (Å²) in [7, 11) is 0. The molecule has 9 atom stereocenters. The smallest absolute Gasteiger partial charge is 0.309 e. The number of Topliss-reactive ketones (excluding diaryl/α,β-unsaturated/α-hetero) is 1. The van der Waals surface area contributed by atoms with E-state index in [1.807, 2.05) is 0 Å². The lowest BCUT2D eigenvalue weighted by Gasteiger charge is -2.71. The van der Waals surface area contributed by atoms with Gasteiger partial charge in [-0.3, -0.25) is 9.59 Å². The van der Waals surface area contributed by atoms with E-state index in [9.17, 15) is 20.0 Å². The Morgan fingerprint density at radius 2 is 1.69 bits per heavy atom. The zero-order valence-electron chi connectivity index (χ0n) is 22.5. The Hall–Kier alpha value is -1.89. The van der Waals surface area contributed by atoms with Crippen LogP contribution in [0.25, 0.3) is 0 Å². The number of allylic oxidation sites excluding steroid dienone is 3. The van der Waals surface area contributed by atoms with Crippen LogP contribution in [-0.2, 0) is 9.59 Å². The monoisotopic (exact) mass is 477 g/mol. The van der Waals surface area contributed by atoms with Crippen molar-refractivity contribution in [2.75, 3.05) is 0 Å². The molecule has 4 fully saturated rings. The summed E-state index contributed by atoms with van der Waals surface area (Å²) in [6.07, 6.45) is 9.63. The molecule has 4 nitrogen and oxygen atoms in total. The fourth-order valence-electron chi connectivity index (χ4n) is 11.1. The first-order valence-electron chi connectivity index (χ1n) is 13.8. The summed E-state index contributed by atoms with van der Waals surface area (Å²) in [5.74, 6) is 0.848. The summed E-state index contributed by atoms with van der Waals surface area (Å²) in [5, 5.41) is 20.4. The molecule has 0 aromatic heterocycles. The van der Waals surface area contributed by atoms with Crippen LogP contribution in [0.3, 0.4) is 0 Å². The fraction of sp³-hybridized carbons (Fsp3) is 0.774. The lowest BCUT2D eigenvalue weighted by atomic mass is 9.32. The Kier molecular flexibility index (Phi) is 5.19. The van der Waals surface area contributed by atoms with Gasteiger partial charge in [-0.1, -0.05) is 52.8 Å². The molecule has 35 heavy (non-hydrogen) atoms. The second-order valence-corrected chi connectivity index (χ2v) is 14.2. The van der Waals surface area contributed by atoms with E-state index in [0.29, 0.717) is 23.3 Å². The van der Waals surface area contributed by atoms with E-state index < -0.39 is 16.8 Å². The van der Waals surface area contributed by atoms with Crippen LogP contribution in [0.5, 0.6) is 0 Å². The SMILES string of the molecule is C=C(C)[C@@H]1CC[C@]2(C(=O)O)CC[C@]3(C)C(CC[C@@H]4[C@@]5(C)C=C(C#N)C(=O)C(C)(C)[C@@H]5CC[C@]43C)[C@@H]12. The zero-order chi connectivity index (χ0) is 25.8. The van der Waals surface area contributed by atoms with Crippen LogP contribution in [0.1, 0.15) is 92.9 Å². The van der Waals surface area contributed by atoms with Crippen molar-refractivity contribution in [1.29, 1.82) is 5.26 Å². The molecule has 5 aliphatic rings. The average Bonchev–Trinajstić information content (AvgIpc) is 3.18. The first-order chi connectivity index (χ1) is 16.2. The number of hydrogen-bond donors (Lipinski definition) is 1. The van der Waals surface area contributed by atoms with Gasteiger partial charge in [0.1, 0.15) is 6.07 Å². The summed E-state index contributed by atoms with van der Waals surface area (Å²) in [5.41, 5.74) is 0.241. The second-order valence-electron chi connectivity index (χ2n) is 14.2. The molecule has 5 aliphatic carbocycles. The summed E-state index contributed by atoms with van der Waals surface area (Å²) >= 11 is 0. The third kappa shape index (κ3) is 2.79. The molecular formula is C31H43NO3. The minimum atomic E-state index is -0.606. The quantitative estimate of drug-likeness (QED) is 0.436. The van der Waals surface area contributed by atoms with Gasteiger partial charge in [0.15, 0.2) is 5.78 Å². The number of carboxylic acids is 1. The maximum Gasteiger partial charge on any atom is 0.309 e. The second kappa shape index (κ2) is 7.33. The number of hydrogen-bond acceptors (Lipinski definition) is 3. The van der Waals surface area contributed by atoms with Crippen LogP contribution in [0.4, 0.5) is 0 Å². The molecular weight excluding hydrogens is 434 g/mol. The van der Waals surface area contributed by atoms with Gasteiger partial charge in [0, 0.05) is 5.41 Å². The largest absolute Gasteiger partial charge is 0.481 e. The van der Waals surface area contributed by atoms with Crippen LogP contribution in [0, 0.1) is 68.0 Å². The molecule has 1 N–H and O–H groups in total. The highest BCUT2D eigenvalue weighted by Crippen LogP contribution is 2.77. The van der Waals surface area contributed by atoms with Crippen LogP contribution < -0.4 is 0 Å². The molecule has 0 heterocycles. The topological polar surface area (TPSA) is 78.2 Å². The minimum Gasteiger partial charge on any atom is -0.481 e. The van der Waals surface area contributed by atoms with Crippen molar-refractivity contribution in [3.63, 3.8) is 0 Å². The zero-order valence-corrected chi connectivity index (χ0v) is 22.5. The van der Waals surface area contributed by atoms with Gasteiger partial charge in [0.2, 0.25) is 0 Å². The van der Waals surface area contributed by atoms with Crippen molar-refractivity contribution in [3.8, 4) is 6.07 Å². The van der Waals surface area contributed by atoms with Crippen LogP contribution in [-0.4, -0.2) is 16.9 Å². The number of aliphatic carboxylic acids is 1. The van der Waals surface area contributed by atoms with E-state index >= 15 is 0 Å². The highest BCUT2D eigenvalue weighted by molar-refractivity contribution is 6.04. The molecule has 0 saturated heterocycles. The molecule has 0 aliphatic heterocycles. The number of carbonyl (C=O) groups is 2. The standard InChI is InChI=1S/C31H43NO3/c1-18(2)20-10-13-31(26(34)35)15-14-29(6)21(24(20)31)8-9-23-28(5)16-19(17-32)25(33)27(3,4)22(28)11-12-30(23,29)7/h16,20-24H,1,8-15H2,2-7H3,(H,34,35)/t20-,21?,22-,23+,24+,28-,29+,30+,31-/m0/s1. The Morgan fingerprint density at radius 1 is 1.00 bits per heavy atom. The van der Waals surface area contributed by atoms with Crippen LogP contribution in [0.2, 0.25) is 0 Å². The van der Waals surface area contributed by atoms with Crippen molar-refractivity contribution in [1.82, 2.24) is 0 Å². The molecule has 0 amide bonds. The van der Waals surface area contributed by atoms with Gasteiger partial charge in [-0.15, -0.1) is 0 Å². The highest BCUT2D eigenvalue weighted by atomic mass is 16.4. The van der Waals surface area contributed by atoms with Gasteiger partial charge in [-0.25, -0.2) is 0 Å². The molecule has 0 spiro atoms. The van der Waals surface area contributed by atoms with Gasteiger partial charge in [-0.2, -0.15) is 5.26 Å². The van der Waals surface area contributed by atoms with E-state index in [4.69, 9.17) is 0 Å². The van der Waals surface area contributed by atoms with E-state index in [1.165, 1.54) is 0 Å². The minimum absolute atomic E-state index is 0.00476. The van der Waals surface area contributed by atoms with Crippen molar-refractivity contribution in [3.05, 3.63) is 23.8 Å². The number of carbonyl (C=O) groups excluding carboxylic acids is 1. The predicted octanol–water partition coefficient (Wildman–Crippen LogP) is 6.97. The van der Waals surface area contributed by atoms with E-state index in [1.54, 1.807) is 0 Å². The number of nitrogens with zero attached hydrogens (tertiary/aromatic N) is 1. The maximum atomic E-state index is 13.2. The van der Waals surface area contributed by atoms with Gasteiger partial charge in [0.05, 0.1) is 11.0 Å². The lowest BCUT2D eigenvalue weighted by molar-refractivity contribution is -0.221. The maximum absolute atomic E-state index is 13.2. The molecule has 5 rings (SSSR count). The summed E-state index contributed by atoms with van der Waals surface area (Å²) in [6, 6.07) is 2.24. The van der Waals surface area contributed by atoms with Crippen LogP contribution >= 0.6 is 0 Å². The number of ketones is 1.